The summed E-state index contributed by atoms with van der Waals surface area (Å²) < 4.78 is 22.3. The third kappa shape index (κ3) is 3.57. The standard InChI is InChI=1S/C19H20ClFN6O2/c1-10-17(11(2)26(3)25-10)12-4-5-22-16(6-12)29-15-9-27(8-13(15)21)14-7-23-24-19(28)18(14)20/h4-7,13,15H,8-9H2,1-3H3,(H,24,28)/t13-,15-/m0/s1. The van der Waals surface area contributed by atoms with Crippen molar-refractivity contribution in [1.82, 2.24) is 25.0 Å². The molecule has 3 aromatic rings. The zero-order valence-corrected chi connectivity index (χ0v) is 16.9. The van der Waals surface area contributed by atoms with Gasteiger partial charge in [0.15, 0.2) is 12.3 Å². The fraction of sp³-hybridized carbons (Fsp3) is 0.368. The number of rotatable bonds is 4. The fourth-order valence-electron chi connectivity index (χ4n) is 3.61. The van der Waals surface area contributed by atoms with Crippen LogP contribution in [0.1, 0.15) is 11.4 Å². The van der Waals surface area contributed by atoms with Gasteiger partial charge >= 0.3 is 0 Å². The number of aromatic amines is 1. The zero-order valence-electron chi connectivity index (χ0n) is 16.2. The number of hydrogen-bond donors (Lipinski definition) is 1. The summed E-state index contributed by atoms with van der Waals surface area (Å²) in [6.07, 6.45) is 1.03. The molecule has 0 saturated carbocycles. The smallest absolute Gasteiger partial charge is 0.285 e. The largest absolute Gasteiger partial charge is 0.469 e. The van der Waals surface area contributed by atoms with Gasteiger partial charge in [-0.15, -0.1) is 0 Å². The Balaban J connectivity index is 1.55. The van der Waals surface area contributed by atoms with Crippen LogP contribution < -0.4 is 15.2 Å². The highest BCUT2D eigenvalue weighted by atomic mass is 35.5. The molecule has 3 aromatic heterocycles. The second kappa shape index (κ2) is 7.47. The van der Waals surface area contributed by atoms with Gasteiger partial charge in [0.1, 0.15) is 5.02 Å². The van der Waals surface area contributed by atoms with Crippen LogP contribution in [0.3, 0.4) is 0 Å². The summed E-state index contributed by atoms with van der Waals surface area (Å²) >= 11 is 6.04. The van der Waals surface area contributed by atoms with Crippen molar-refractivity contribution in [3.63, 3.8) is 0 Å². The van der Waals surface area contributed by atoms with E-state index in [9.17, 15) is 9.18 Å². The number of pyridine rings is 1. The van der Waals surface area contributed by atoms with Gasteiger partial charge in [0.05, 0.1) is 30.7 Å². The van der Waals surface area contributed by atoms with Crippen molar-refractivity contribution < 1.29 is 9.13 Å². The lowest BCUT2D eigenvalue weighted by Crippen LogP contribution is -2.28. The first kappa shape index (κ1) is 19.4. The number of aryl methyl sites for hydroxylation is 2. The highest BCUT2D eigenvalue weighted by Crippen LogP contribution is 2.31. The molecule has 0 radical (unpaired) electrons. The molecule has 10 heteroatoms. The normalized spacial score (nSPS) is 19.0. The average molecular weight is 419 g/mol. The molecule has 1 N–H and O–H groups in total. The molecule has 29 heavy (non-hydrogen) atoms. The van der Waals surface area contributed by atoms with Crippen LogP contribution in [0.15, 0.2) is 29.3 Å². The second-order valence-electron chi connectivity index (χ2n) is 7.03. The van der Waals surface area contributed by atoms with E-state index in [0.717, 1.165) is 22.5 Å². The number of hydrogen-bond acceptors (Lipinski definition) is 6. The summed E-state index contributed by atoms with van der Waals surface area (Å²) in [6.45, 7) is 4.20. The minimum absolute atomic E-state index is 0.0181. The van der Waals surface area contributed by atoms with Gasteiger partial charge in [-0.25, -0.2) is 14.5 Å². The van der Waals surface area contributed by atoms with E-state index in [-0.39, 0.29) is 18.1 Å². The SMILES string of the molecule is Cc1nn(C)c(C)c1-c1ccnc(O[C@H]2CN(c3cn[nH]c(=O)c3Cl)C[C@@H]2F)c1. The summed E-state index contributed by atoms with van der Waals surface area (Å²) in [5, 5.41) is 10.4. The van der Waals surface area contributed by atoms with Gasteiger partial charge in [-0.2, -0.15) is 10.2 Å². The molecule has 0 spiro atoms. The van der Waals surface area contributed by atoms with Gasteiger partial charge in [0.25, 0.3) is 5.56 Å². The summed E-state index contributed by atoms with van der Waals surface area (Å²) in [6, 6.07) is 3.66. The van der Waals surface area contributed by atoms with Gasteiger partial charge in [0, 0.05) is 30.6 Å². The van der Waals surface area contributed by atoms with Gasteiger partial charge in [-0.1, -0.05) is 11.6 Å². The maximum Gasteiger partial charge on any atom is 0.285 e. The van der Waals surface area contributed by atoms with E-state index in [1.807, 2.05) is 31.6 Å². The molecule has 1 aliphatic rings. The Labute approximate surface area is 171 Å². The quantitative estimate of drug-likeness (QED) is 0.700. The van der Waals surface area contributed by atoms with Crippen molar-refractivity contribution in [1.29, 1.82) is 0 Å². The maximum absolute atomic E-state index is 14.6. The Bertz CT molecular complexity index is 1110. The van der Waals surface area contributed by atoms with E-state index >= 15 is 0 Å². The van der Waals surface area contributed by atoms with Gasteiger partial charge < -0.3 is 9.64 Å². The number of ether oxygens (including phenoxy) is 1. The van der Waals surface area contributed by atoms with Crippen LogP contribution in [0, 0.1) is 13.8 Å². The number of anilines is 1. The van der Waals surface area contributed by atoms with E-state index in [2.05, 4.69) is 20.3 Å². The predicted octanol–water partition coefficient (Wildman–Crippen LogP) is 2.44. The molecule has 1 aliphatic heterocycles. The van der Waals surface area contributed by atoms with Crippen LogP contribution in [0.25, 0.3) is 11.1 Å². The Kier molecular flexibility index (Phi) is 4.99. The maximum atomic E-state index is 14.6. The molecule has 0 aliphatic carbocycles. The molecule has 8 nitrogen and oxygen atoms in total. The zero-order chi connectivity index (χ0) is 20.7. The van der Waals surface area contributed by atoms with E-state index in [1.54, 1.807) is 17.2 Å². The topological polar surface area (TPSA) is 88.9 Å². The minimum Gasteiger partial charge on any atom is -0.469 e. The van der Waals surface area contributed by atoms with E-state index in [0.29, 0.717) is 11.6 Å². The molecular formula is C19H20ClFN6O2. The van der Waals surface area contributed by atoms with Crippen molar-refractivity contribution in [3.05, 3.63) is 51.3 Å². The molecule has 152 valence electrons. The highest BCUT2D eigenvalue weighted by molar-refractivity contribution is 6.33. The first-order valence-corrected chi connectivity index (χ1v) is 9.48. The summed E-state index contributed by atoms with van der Waals surface area (Å²) in [4.78, 5) is 17.5. The molecule has 0 bridgehead atoms. The minimum atomic E-state index is -1.27. The Morgan fingerprint density at radius 1 is 1.34 bits per heavy atom. The number of aromatic nitrogens is 5. The molecule has 1 saturated heterocycles. The second-order valence-corrected chi connectivity index (χ2v) is 7.41. The predicted molar refractivity (Wildman–Crippen MR) is 107 cm³/mol. The van der Waals surface area contributed by atoms with Crippen LogP contribution in [-0.4, -0.2) is 50.3 Å². The number of H-pyrrole nitrogens is 1. The van der Waals surface area contributed by atoms with Crippen molar-refractivity contribution in [2.75, 3.05) is 18.0 Å². The molecule has 2 atom stereocenters. The van der Waals surface area contributed by atoms with Gasteiger partial charge in [0.2, 0.25) is 5.88 Å². The lowest BCUT2D eigenvalue weighted by atomic mass is 10.1. The molecule has 0 amide bonds. The Morgan fingerprint density at radius 3 is 2.86 bits per heavy atom. The third-order valence-electron chi connectivity index (χ3n) is 5.12. The first-order valence-electron chi connectivity index (χ1n) is 9.10. The monoisotopic (exact) mass is 418 g/mol. The number of nitrogens with zero attached hydrogens (tertiary/aromatic N) is 5. The molecule has 0 unspecified atom stereocenters. The van der Waals surface area contributed by atoms with Crippen LogP contribution >= 0.6 is 11.6 Å². The number of halogens is 2. The first-order chi connectivity index (χ1) is 13.8. The van der Waals surface area contributed by atoms with Gasteiger partial charge in [-0.3, -0.25) is 9.48 Å². The summed E-state index contributed by atoms with van der Waals surface area (Å²) in [7, 11) is 1.89. The molecular weight excluding hydrogens is 399 g/mol. The number of alkyl halides is 1. The fourth-order valence-corrected chi connectivity index (χ4v) is 3.82. The van der Waals surface area contributed by atoms with E-state index < -0.39 is 17.8 Å². The summed E-state index contributed by atoms with van der Waals surface area (Å²) in [5.41, 5.74) is 3.70. The Hall–Kier alpha value is -2.94. The highest BCUT2D eigenvalue weighted by Gasteiger charge is 2.36. The van der Waals surface area contributed by atoms with Crippen LogP contribution in [0.2, 0.25) is 5.02 Å². The average Bonchev–Trinajstić information content (AvgIpc) is 3.16. The van der Waals surface area contributed by atoms with Crippen molar-refractivity contribution in [3.8, 4) is 17.0 Å². The van der Waals surface area contributed by atoms with E-state index in [1.165, 1.54) is 6.20 Å². The van der Waals surface area contributed by atoms with E-state index in [4.69, 9.17) is 16.3 Å². The molecule has 4 heterocycles. The lowest BCUT2D eigenvalue weighted by Gasteiger charge is -2.18. The van der Waals surface area contributed by atoms with Crippen molar-refractivity contribution in [2.24, 2.45) is 7.05 Å². The van der Waals surface area contributed by atoms with Crippen LogP contribution in [0.5, 0.6) is 5.88 Å². The lowest BCUT2D eigenvalue weighted by molar-refractivity contribution is 0.135. The molecule has 1 fully saturated rings. The molecule has 4 rings (SSSR count). The third-order valence-corrected chi connectivity index (χ3v) is 5.49. The number of nitrogens with one attached hydrogen (secondary N) is 1. The van der Waals surface area contributed by atoms with Crippen molar-refractivity contribution >= 4 is 17.3 Å². The van der Waals surface area contributed by atoms with Crippen LogP contribution in [0.4, 0.5) is 10.1 Å². The van der Waals surface area contributed by atoms with Crippen LogP contribution in [-0.2, 0) is 7.05 Å². The molecule has 0 aromatic carbocycles. The summed E-state index contributed by atoms with van der Waals surface area (Å²) in [5.74, 6) is 0.329. The van der Waals surface area contributed by atoms with Gasteiger partial charge in [-0.05, 0) is 25.5 Å². The Morgan fingerprint density at radius 2 is 2.14 bits per heavy atom. The van der Waals surface area contributed by atoms with Crippen molar-refractivity contribution in [2.45, 2.75) is 26.1 Å².